The Morgan fingerprint density at radius 3 is 2.55 bits per heavy atom. The van der Waals surface area contributed by atoms with Crippen LogP contribution < -0.4 is 10.1 Å². The minimum atomic E-state index is -0.942. The average molecular weight is 276 g/mol. The van der Waals surface area contributed by atoms with Gasteiger partial charge in [0, 0.05) is 6.07 Å². The molecule has 0 saturated carbocycles. The lowest BCUT2D eigenvalue weighted by molar-refractivity contribution is -0.146. The minimum Gasteiger partial charge on any atom is -0.481 e. The quantitative estimate of drug-likeness (QED) is 0.817. The van der Waals surface area contributed by atoms with Crippen molar-refractivity contribution in [2.75, 3.05) is 12.4 Å². The number of carboxylic acid groups (broad SMARTS) is 1. The fraction of sp³-hybridized carbons (Fsp3) is 0.357. The summed E-state index contributed by atoms with van der Waals surface area (Å²) in [7, 11) is 1.51. The van der Waals surface area contributed by atoms with Crippen molar-refractivity contribution < 1.29 is 19.4 Å². The second-order valence-electron chi connectivity index (χ2n) is 4.57. The lowest BCUT2D eigenvalue weighted by Gasteiger charge is -2.24. The lowest BCUT2D eigenvalue weighted by Crippen LogP contribution is -2.34. The molecule has 1 aromatic rings. The lowest BCUT2D eigenvalue weighted by atomic mass is 9.82. The normalized spacial score (nSPS) is 21.2. The number of carboxylic acids is 1. The number of pyridine rings is 1. The van der Waals surface area contributed by atoms with Gasteiger partial charge in [0.1, 0.15) is 0 Å². The molecule has 1 aliphatic carbocycles. The zero-order valence-corrected chi connectivity index (χ0v) is 11.1. The maximum absolute atomic E-state index is 12.2. The van der Waals surface area contributed by atoms with Crippen molar-refractivity contribution in [1.82, 2.24) is 4.98 Å². The Kier molecular flexibility index (Phi) is 4.34. The van der Waals surface area contributed by atoms with Crippen LogP contribution in [-0.2, 0) is 9.59 Å². The highest BCUT2D eigenvalue weighted by atomic mass is 16.5. The summed E-state index contributed by atoms with van der Waals surface area (Å²) < 4.78 is 4.93. The molecule has 2 rings (SSSR count). The third-order valence-electron chi connectivity index (χ3n) is 3.30. The SMILES string of the molecule is COc1ccc(NC(=O)[C@@H]2CC=CC[C@@H]2C(=O)O)cn1. The van der Waals surface area contributed by atoms with Crippen LogP contribution in [0.25, 0.3) is 0 Å². The number of anilines is 1. The summed E-state index contributed by atoms with van der Waals surface area (Å²) in [5.74, 6) is -2.02. The monoisotopic (exact) mass is 276 g/mol. The van der Waals surface area contributed by atoms with Gasteiger partial charge in [0.05, 0.1) is 30.8 Å². The fourth-order valence-electron chi connectivity index (χ4n) is 2.19. The molecule has 1 aromatic heterocycles. The number of ether oxygens (including phenoxy) is 1. The van der Waals surface area contributed by atoms with Crippen LogP contribution in [-0.4, -0.2) is 29.1 Å². The van der Waals surface area contributed by atoms with Gasteiger partial charge in [-0.05, 0) is 18.9 Å². The van der Waals surface area contributed by atoms with Crippen LogP contribution >= 0.6 is 0 Å². The molecule has 106 valence electrons. The Bertz CT molecular complexity index is 524. The standard InChI is InChI=1S/C14H16N2O4/c1-20-12-7-6-9(8-15-12)16-13(17)10-4-2-3-5-11(10)14(18)19/h2-3,6-8,10-11H,4-5H2,1H3,(H,16,17)(H,18,19)/t10-,11+/m1/s1. The van der Waals surface area contributed by atoms with E-state index in [4.69, 9.17) is 9.84 Å². The highest BCUT2D eigenvalue weighted by molar-refractivity contribution is 5.95. The molecule has 6 heteroatoms. The zero-order valence-electron chi connectivity index (χ0n) is 11.1. The van der Waals surface area contributed by atoms with Gasteiger partial charge >= 0.3 is 5.97 Å². The van der Waals surface area contributed by atoms with Gasteiger partial charge < -0.3 is 15.2 Å². The van der Waals surface area contributed by atoms with Crippen LogP contribution in [0.5, 0.6) is 5.88 Å². The first-order chi connectivity index (χ1) is 9.61. The summed E-state index contributed by atoms with van der Waals surface area (Å²) >= 11 is 0. The van der Waals surface area contributed by atoms with E-state index in [9.17, 15) is 9.59 Å². The van der Waals surface area contributed by atoms with E-state index in [-0.39, 0.29) is 5.91 Å². The van der Waals surface area contributed by atoms with Gasteiger partial charge in [-0.1, -0.05) is 12.2 Å². The average Bonchev–Trinajstić information content (AvgIpc) is 2.48. The van der Waals surface area contributed by atoms with E-state index in [0.29, 0.717) is 24.4 Å². The molecule has 0 saturated heterocycles. The van der Waals surface area contributed by atoms with Crippen molar-refractivity contribution in [2.45, 2.75) is 12.8 Å². The predicted octanol–water partition coefficient (Wildman–Crippen LogP) is 1.70. The number of aromatic nitrogens is 1. The minimum absolute atomic E-state index is 0.297. The van der Waals surface area contributed by atoms with Gasteiger partial charge in [-0.3, -0.25) is 9.59 Å². The van der Waals surface area contributed by atoms with Crippen molar-refractivity contribution >= 4 is 17.6 Å². The second-order valence-corrected chi connectivity index (χ2v) is 4.57. The van der Waals surface area contributed by atoms with Crippen molar-refractivity contribution in [1.29, 1.82) is 0 Å². The number of aliphatic carboxylic acids is 1. The first-order valence-corrected chi connectivity index (χ1v) is 6.30. The second kappa shape index (κ2) is 6.18. The number of carbonyl (C=O) groups excluding carboxylic acids is 1. The molecular formula is C14H16N2O4. The van der Waals surface area contributed by atoms with Crippen LogP contribution in [0, 0.1) is 11.8 Å². The maximum atomic E-state index is 12.2. The van der Waals surface area contributed by atoms with E-state index in [1.807, 2.05) is 6.08 Å². The van der Waals surface area contributed by atoms with Crippen LogP contribution in [0.2, 0.25) is 0 Å². The van der Waals surface area contributed by atoms with E-state index in [1.54, 1.807) is 18.2 Å². The predicted molar refractivity (Wildman–Crippen MR) is 72.4 cm³/mol. The van der Waals surface area contributed by atoms with Gasteiger partial charge in [0.15, 0.2) is 0 Å². The summed E-state index contributed by atoms with van der Waals surface area (Å²) in [6.07, 6.45) is 5.94. The van der Waals surface area contributed by atoms with Gasteiger partial charge in [-0.15, -0.1) is 0 Å². The smallest absolute Gasteiger partial charge is 0.307 e. The molecule has 2 N–H and O–H groups in total. The first kappa shape index (κ1) is 14.0. The number of amides is 1. The highest BCUT2D eigenvalue weighted by Gasteiger charge is 2.33. The number of hydrogen-bond donors (Lipinski definition) is 2. The molecule has 1 amide bonds. The molecule has 6 nitrogen and oxygen atoms in total. The highest BCUT2D eigenvalue weighted by Crippen LogP contribution is 2.27. The number of methoxy groups -OCH3 is 1. The van der Waals surface area contributed by atoms with E-state index in [1.165, 1.54) is 13.3 Å². The van der Waals surface area contributed by atoms with Crippen molar-refractivity contribution in [3.8, 4) is 5.88 Å². The number of rotatable bonds is 4. The van der Waals surface area contributed by atoms with E-state index < -0.39 is 17.8 Å². The molecule has 0 unspecified atom stereocenters. The molecule has 1 heterocycles. The third-order valence-corrected chi connectivity index (χ3v) is 3.30. The zero-order chi connectivity index (χ0) is 14.5. The Hall–Kier alpha value is -2.37. The number of nitrogens with one attached hydrogen (secondary N) is 1. The summed E-state index contributed by atoms with van der Waals surface area (Å²) in [5, 5.41) is 11.8. The van der Waals surface area contributed by atoms with Crippen LogP contribution in [0.15, 0.2) is 30.5 Å². The molecule has 0 radical (unpaired) electrons. The molecular weight excluding hydrogens is 260 g/mol. The molecule has 2 atom stereocenters. The molecule has 0 aromatic carbocycles. The van der Waals surface area contributed by atoms with Gasteiger partial charge in [-0.25, -0.2) is 4.98 Å². The van der Waals surface area contributed by atoms with E-state index in [0.717, 1.165) is 0 Å². The summed E-state index contributed by atoms with van der Waals surface area (Å²) in [6, 6.07) is 3.29. The fourth-order valence-corrected chi connectivity index (χ4v) is 2.19. The first-order valence-electron chi connectivity index (χ1n) is 6.30. The summed E-state index contributed by atoms with van der Waals surface area (Å²) in [6.45, 7) is 0. The molecule has 0 aliphatic heterocycles. The number of hydrogen-bond acceptors (Lipinski definition) is 4. The summed E-state index contributed by atoms with van der Waals surface area (Å²) in [5.41, 5.74) is 0.523. The molecule has 0 bridgehead atoms. The van der Waals surface area contributed by atoms with Gasteiger partial charge in [-0.2, -0.15) is 0 Å². The van der Waals surface area contributed by atoms with Gasteiger partial charge in [0.25, 0.3) is 0 Å². The van der Waals surface area contributed by atoms with Crippen LogP contribution in [0.3, 0.4) is 0 Å². The number of carbonyl (C=O) groups is 2. The molecule has 1 aliphatic rings. The van der Waals surface area contributed by atoms with Crippen molar-refractivity contribution in [3.63, 3.8) is 0 Å². The Morgan fingerprint density at radius 2 is 2.00 bits per heavy atom. The molecule has 0 fully saturated rings. The summed E-state index contributed by atoms with van der Waals surface area (Å²) in [4.78, 5) is 27.3. The topological polar surface area (TPSA) is 88.5 Å². The van der Waals surface area contributed by atoms with E-state index in [2.05, 4.69) is 10.3 Å². The largest absolute Gasteiger partial charge is 0.481 e. The Labute approximate surface area is 116 Å². The Morgan fingerprint density at radius 1 is 1.30 bits per heavy atom. The molecule has 20 heavy (non-hydrogen) atoms. The number of nitrogens with zero attached hydrogens (tertiary/aromatic N) is 1. The number of allylic oxidation sites excluding steroid dienone is 2. The van der Waals surface area contributed by atoms with Crippen molar-refractivity contribution in [2.24, 2.45) is 11.8 Å². The maximum Gasteiger partial charge on any atom is 0.307 e. The molecule has 0 spiro atoms. The van der Waals surface area contributed by atoms with Crippen LogP contribution in [0.1, 0.15) is 12.8 Å². The van der Waals surface area contributed by atoms with Crippen molar-refractivity contribution in [3.05, 3.63) is 30.5 Å². The van der Waals surface area contributed by atoms with Gasteiger partial charge in [0.2, 0.25) is 11.8 Å². The van der Waals surface area contributed by atoms with E-state index >= 15 is 0 Å². The Balaban J connectivity index is 2.06. The van der Waals surface area contributed by atoms with Crippen LogP contribution in [0.4, 0.5) is 5.69 Å². The third kappa shape index (κ3) is 3.14.